The molecule has 1 aromatic carbocycles. The van der Waals surface area contributed by atoms with E-state index in [9.17, 15) is 8.42 Å². The molecule has 0 aliphatic rings. The van der Waals surface area contributed by atoms with Crippen LogP contribution in [0.5, 0.6) is 0 Å². The molecule has 0 aliphatic heterocycles. The number of aromatic nitrogens is 1. The molecule has 0 amide bonds. The van der Waals surface area contributed by atoms with Crippen LogP contribution in [0.2, 0.25) is 0 Å². The third kappa shape index (κ3) is 1.65. The summed E-state index contributed by atoms with van der Waals surface area (Å²) in [7, 11) is 1.42. The van der Waals surface area contributed by atoms with E-state index in [0.29, 0.717) is 5.52 Å². The molecule has 2 aromatic rings. The van der Waals surface area contributed by atoms with E-state index in [1.54, 1.807) is 12.1 Å². The summed E-state index contributed by atoms with van der Waals surface area (Å²) in [5.74, 6) is 0. The Morgan fingerprint density at radius 3 is 2.79 bits per heavy atom. The fourth-order valence-electron chi connectivity index (χ4n) is 1.09. The zero-order valence-corrected chi connectivity index (χ0v) is 9.73. The zero-order chi connectivity index (χ0) is 10.3. The standard InChI is InChI=1S/C7H3BrClNO3S/c8-7-10-4-2-1-3-5(6(4)13-7)14(9,11)12/h1-3H. The lowest BCUT2D eigenvalue weighted by Crippen LogP contribution is -1.90. The molecule has 74 valence electrons. The summed E-state index contributed by atoms with van der Waals surface area (Å²) < 4.78 is 27.3. The van der Waals surface area contributed by atoms with Crippen LogP contribution in [-0.4, -0.2) is 13.4 Å². The predicted octanol–water partition coefficient (Wildman–Crippen LogP) is 2.52. The Kier molecular flexibility index (Phi) is 2.29. The number of halogens is 2. The highest BCUT2D eigenvalue weighted by atomic mass is 79.9. The van der Waals surface area contributed by atoms with E-state index in [-0.39, 0.29) is 15.3 Å². The van der Waals surface area contributed by atoms with E-state index < -0.39 is 9.05 Å². The van der Waals surface area contributed by atoms with Gasteiger partial charge < -0.3 is 4.42 Å². The van der Waals surface area contributed by atoms with Crippen LogP contribution in [0.4, 0.5) is 0 Å². The summed E-state index contributed by atoms with van der Waals surface area (Å²) in [6, 6.07) is 4.55. The maximum atomic E-state index is 11.1. The number of hydrogen-bond acceptors (Lipinski definition) is 4. The molecule has 0 fully saturated rings. The monoisotopic (exact) mass is 295 g/mol. The first-order chi connectivity index (χ1) is 6.48. The van der Waals surface area contributed by atoms with Crippen LogP contribution in [0.15, 0.2) is 32.3 Å². The van der Waals surface area contributed by atoms with E-state index in [4.69, 9.17) is 15.1 Å². The molecule has 7 heteroatoms. The summed E-state index contributed by atoms with van der Waals surface area (Å²) in [6.45, 7) is 0. The van der Waals surface area contributed by atoms with Gasteiger partial charge >= 0.3 is 0 Å². The fraction of sp³-hybridized carbons (Fsp3) is 0. The van der Waals surface area contributed by atoms with E-state index in [2.05, 4.69) is 20.9 Å². The van der Waals surface area contributed by atoms with E-state index in [0.717, 1.165) is 0 Å². The molecule has 0 saturated carbocycles. The number of oxazole rings is 1. The molecule has 0 atom stereocenters. The molecule has 4 nitrogen and oxygen atoms in total. The average molecular weight is 297 g/mol. The highest BCUT2D eigenvalue weighted by Crippen LogP contribution is 2.27. The van der Waals surface area contributed by atoms with Crippen LogP contribution in [-0.2, 0) is 9.05 Å². The van der Waals surface area contributed by atoms with Crippen molar-refractivity contribution >= 4 is 46.8 Å². The minimum Gasteiger partial charge on any atom is -0.430 e. The Bertz CT molecular complexity index is 592. The van der Waals surface area contributed by atoms with Crippen LogP contribution in [0, 0.1) is 0 Å². The number of nitrogens with zero attached hydrogens (tertiary/aromatic N) is 1. The van der Waals surface area contributed by atoms with E-state index in [1.165, 1.54) is 6.07 Å². The van der Waals surface area contributed by atoms with Gasteiger partial charge in [-0.1, -0.05) is 6.07 Å². The Morgan fingerprint density at radius 1 is 1.43 bits per heavy atom. The summed E-state index contributed by atoms with van der Waals surface area (Å²) in [6.07, 6.45) is 0. The number of para-hydroxylation sites is 1. The van der Waals surface area contributed by atoms with Crippen molar-refractivity contribution in [2.45, 2.75) is 4.90 Å². The van der Waals surface area contributed by atoms with Gasteiger partial charge in [-0.05, 0) is 12.1 Å². The van der Waals surface area contributed by atoms with Gasteiger partial charge in [0.2, 0.25) is 0 Å². The average Bonchev–Trinajstić information content (AvgIpc) is 2.41. The molecule has 0 unspecified atom stereocenters. The van der Waals surface area contributed by atoms with Gasteiger partial charge in [0, 0.05) is 26.6 Å². The van der Waals surface area contributed by atoms with Gasteiger partial charge in [0.05, 0.1) is 0 Å². The van der Waals surface area contributed by atoms with Gasteiger partial charge in [-0.2, -0.15) is 0 Å². The van der Waals surface area contributed by atoms with Crippen molar-refractivity contribution in [3.63, 3.8) is 0 Å². The van der Waals surface area contributed by atoms with Gasteiger partial charge in [-0.25, -0.2) is 13.4 Å². The first-order valence-corrected chi connectivity index (χ1v) is 6.58. The molecule has 2 rings (SSSR count). The molecular formula is C7H3BrClNO3S. The molecule has 0 spiro atoms. The molecule has 1 aromatic heterocycles. The summed E-state index contributed by atoms with van der Waals surface area (Å²) >= 11 is 3.01. The van der Waals surface area contributed by atoms with Crippen molar-refractivity contribution in [1.29, 1.82) is 0 Å². The second-order valence-corrected chi connectivity index (χ2v) is 5.72. The Balaban J connectivity index is 2.90. The first kappa shape index (κ1) is 9.95. The predicted molar refractivity (Wildman–Crippen MR) is 54.7 cm³/mol. The lowest BCUT2D eigenvalue weighted by atomic mass is 10.3. The lowest BCUT2D eigenvalue weighted by molar-refractivity contribution is 0.560. The second-order valence-electron chi connectivity index (χ2n) is 2.51. The quantitative estimate of drug-likeness (QED) is 0.759. The van der Waals surface area contributed by atoms with Gasteiger partial charge in [-0.3, -0.25) is 0 Å². The van der Waals surface area contributed by atoms with E-state index >= 15 is 0 Å². The van der Waals surface area contributed by atoms with Crippen LogP contribution in [0.25, 0.3) is 11.1 Å². The number of benzene rings is 1. The lowest BCUT2D eigenvalue weighted by Gasteiger charge is -1.94. The van der Waals surface area contributed by atoms with Crippen molar-refractivity contribution in [3.05, 3.63) is 23.0 Å². The van der Waals surface area contributed by atoms with Gasteiger partial charge in [-0.15, -0.1) is 0 Å². The summed E-state index contributed by atoms with van der Waals surface area (Å²) in [5.41, 5.74) is 0.605. The third-order valence-corrected chi connectivity index (χ3v) is 3.30. The smallest absolute Gasteiger partial charge is 0.265 e. The van der Waals surface area contributed by atoms with Crippen molar-refractivity contribution in [2.24, 2.45) is 0 Å². The van der Waals surface area contributed by atoms with Crippen LogP contribution in [0.3, 0.4) is 0 Å². The largest absolute Gasteiger partial charge is 0.430 e. The molecule has 0 bridgehead atoms. The topological polar surface area (TPSA) is 60.2 Å². The highest BCUT2D eigenvalue weighted by molar-refractivity contribution is 9.10. The Hall–Kier alpha value is -0.590. The molecule has 1 heterocycles. The first-order valence-electron chi connectivity index (χ1n) is 3.48. The second kappa shape index (κ2) is 3.22. The maximum Gasteiger partial charge on any atom is 0.265 e. The maximum absolute atomic E-state index is 11.1. The van der Waals surface area contributed by atoms with Crippen molar-refractivity contribution in [3.8, 4) is 0 Å². The molecule has 0 radical (unpaired) electrons. The van der Waals surface area contributed by atoms with Crippen LogP contribution in [0.1, 0.15) is 0 Å². The number of fused-ring (bicyclic) bond motifs is 1. The van der Waals surface area contributed by atoms with Crippen molar-refractivity contribution in [2.75, 3.05) is 0 Å². The highest BCUT2D eigenvalue weighted by Gasteiger charge is 2.17. The minimum atomic E-state index is -3.80. The number of hydrogen-bond donors (Lipinski definition) is 0. The molecule has 0 N–H and O–H groups in total. The molecule has 14 heavy (non-hydrogen) atoms. The Morgan fingerprint density at radius 2 is 2.14 bits per heavy atom. The number of rotatable bonds is 1. The molecule has 0 aliphatic carbocycles. The minimum absolute atomic E-state index is 0.0742. The molecular weight excluding hydrogens is 294 g/mol. The molecule has 0 saturated heterocycles. The normalized spacial score (nSPS) is 12.1. The Labute approximate surface area is 92.4 Å². The third-order valence-electron chi connectivity index (χ3n) is 1.62. The van der Waals surface area contributed by atoms with Crippen LogP contribution >= 0.6 is 26.6 Å². The fourth-order valence-corrected chi connectivity index (χ4v) is 2.41. The van der Waals surface area contributed by atoms with Gasteiger partial charge in [0.15, 0.2) is 5.58 Å². The van der Waals surface area contributed by atoms with Gasteiger partial charge in [0.1, 0.15) is 10.4 Å². The van der Waals surface area contributed by atoms with Gasteiger partial charge in [0.25, 0.3) is 13.9 Å². The van der Waals surface area contributed by atoms with E-state index in [1.807, 2.05) is 0 Å². The SMILES string of the molecule is O=S(=O)(Cl)c1cccc2nc(Br)oc12. The summed E-state index contributed by atoms with van der Waals surface area (Å²) in [5, 5.41) is 0. The van der Waals surface area contributed by atoms with Crippen LogP contribution < -0.4 is 0 Å². The van der Waals surface area contributed by atoms with Crippen molar-refractivity contribution < 1.29 is 12.8 Å². The van der Waals surface area contributed by atoms with Crippen molar-refractivity contribution in [1.82, 2.24) is 4.98 Å². The zero-order valence-electron chi connectivity index (χ0n) is 6.57. The summed E-state index contributed by atoms with van der Waals surface area (Å²) in [4.78, 5) is 4.06.